The molecule has 0 atom stereocenters. The number of nitrogens with one attached hydrogen (secondary N) is 2. The normalized spacial score (nSPS) is 14.1. The highest BCUT2D eigenvalue weighted by Gasteiger charge is 2.18. The number of esters is 1. The molecule has 1 aliphatic rings. The maximum absolute atomic E-state index is 12.7. The molecule has 2 N–H and O–H groups in total. The van der Waals surface area contributed by atoms with Crippen molar-refractivity contribution in [3.05, 3.63) is 60.2 Å². The number of hydrogen-bond acceptors (Lipinski definition) is 7. The number of ether oxygens (including phenoxy) is 2. The average molecular weight is 486 g/mol. The molecule has 0 radical (unpaired) electrons. The summed E-state index contributed by atoms with van der Waals surface area (Å²) in [6, 6.07) is 12.9. The summed E-state index contributed by atoms with van der Waals surface area (Å²) >= 11 is 0. The van der Waals surface area contributed by atoms with Crippen LogP contribution in [-0.2, 0) is 24.3 Å². The molecule has 0 fully saturated rings. The van der Waals surface area contributed by atoms with Crippen LogP contribution in [0, 0.1) is 0 Å². The summed E-state index contributed by atoms with van der Waals surface area (Å²) in [6.45, 7) is 0.0831. The molecule has 10 heteroatoms. The molecule has 0 aromatic heterocycles. The zero-order chi connectivity index (χ0) is 24.4. The van der Waals surface area contributed by atoms with Gasteiger partial charge in [-0.05, 0) is 54.8 Å². The molecular formula is C24H27N3O6S. The summed E-state index contributed by atoms with van der Waals surface area (Å²) in [6.07, 6.45) is 6.18. The largest absolute Gasteiger partial charge is 0.497 e. The van der Waals surface area contributed by atoms with Crippen LogP contribution in [0.15, 0.2) is 64.5 Å². The second-order valence-corrected chi connectivity index (χ2v) is 9.22. The Kier molecular flexibility index (Phi) is 8.80. The van der Waals surface area contributed by atoms with Crippen LogP contribution >= 0.6 is 0 Å². The van der Waals surface area contributed by atoms with Crippen molar-refractivity contribution >= 4 is 39.5 Å². The van der Waals surface area contributed by atoms with E-state index < -0.39 is 28.5 Å². The standard InChI is InChI=1S/C24H27N3O6S/c1-32-20-12-9-18(10-13-20)11-14-24(29)33-17-23(28)26-19-6-5-7-21(16-19)34(30,31)27-22-8-3-2-4-15-25-22/h5-7,9-14,16H,2-4,8,15,17H2,1H3,(H,25,27)(H,26,28). The number of methoxy groups -OCH3 is 1. The summed E-state index contributed by atoms with van der Waals surface area (Å²) in [4.78, 5) is 28.3. The minimum absolute atomic E-state index is 0.00309. The Bertz CT molecular complexity index is 1170. The molecule has 0 spiro atoms. The monoisotopic (exact) mass is 485 g/mol. The molecule has 2 aromatic carbocycles. The predicted octanol–water partition coefficient (Wildman–Crippen LogP) is 3.14. The maximum Gasteiger partial charge on any atom is 0.331 e. The van der Waals surface area contributed by atoms with E-state index in [9.17, 15) is 18.0 Å². The second-order valence-electron chi connectivity index (χ2n) is 7.53. The lowest BCUT2D eigenvalue weighted by molar-refractivity contribution is -0.142. The van der Waals surface area contributed by atoms with Crippen molar-refractivity contribution in [1.29, 1.82) is 0 Å². The molecule has 2 aromatic rings. The lowest BCUT2D eigenvalue weighted by atomic mass is 10.2. The van der Waals surface area contributed by atoms with E-state index in [-0.39, 0.29) is 10.6 Å². The number of anilines is 1. The van der Waals surface area contributed by atoms with Crippen LogP contribution in [-0.4, -0.2) is 46.4 Å². The predicted molar refractivity (Wildman–Crippen MR) is 129 cm³/mol. The first-order valence-corrected chi connectivity index (χ1v) is 12.3. The van der Waals surface area contributed by atoms with Crippen molar-refractivity contribution in [2.24, 2.45) is 4.99 Å². The van der Waals surface area contributed by atoms with Gasteiger partial charge in [0.2, 0.25) is 0 Å². The smallest absolute Gasteiger partial charge is 0.331 e. The second kappa shape index (κ2) is 12.0. The van der Waals surface area contributed by atoms with E-state index in [0.717, 1.165) is 24.8 Å². The molecule has 180 valence electrons. The fourth-order valence-electron chi connectivity index (χ4n) is 3.17. The van der Waals surface area contributed by atoms with E-state index in [2.05, 4.69) is 15.0 Å². The van der Waals surface area contributed by atoms with Gasteiger partial charge in [0.1, 0.15) is 11.6 Å². The van der Waals surface area contributed by atoms with E-state index in [1.54, 1.807) is 43.5 Å². The van der Waals surface area contributed by atoms with Gasteiger partial charge in [-0.25, -0.2) is 13.2 Å². The first-order valence-electron chi connectivity index (χ1n) is 10.8. The highest BCUT2D eigenvalue weighted by atomic mass is 32.2. The van der Waals surface area contributed by atoms with Crippen LogP contribution in [0.25, 0.3) is 6.08 Å². The Morgan fingerprint density at radius 2 is 1.88 bits per heavy atom. The van der Waals surface area contributed by atoms with Crippen LogP contribution in [0.2, 0.25) is 0 Å². The van der Waals surface area contributed by atoms with Crippen LogP contribution in [0.5, 0.6) is 5.75 Å². The number of benzene rings is 2. The van der Waals surface area contributed by atoms with Gasteiger partial charge in [-0.1, -0.05) is 24.6 Å². The van der Waals surface area contributed by atoms with Gasteiger partial charge in [-0.2, -0.15) is 0 Å². The molecule has 34 heavy (non-hydrogen) atoms. The topological polar surface area (TPSA) is 123 Å². The quantitative estimate of drug-likeness (QED) is 0.437. The van der Waals surface area contributed by atoms with E-state index in [1.165, 1.54) is 24.3 Å². The van der Waals surface area contributed by atoms with Crippen molar-refractivity contribution in [3.8, 4) is 5.75 Å². The highest BCUT2D eigenvalue weighted by molar-refractivity contribution is 7.90. The number of carbonyl (C=O) groups is 2. The number of amidine groups is 1. The summed E-state index contributed by atoms with van der Waals surface area (Å²) < 4.78 is 37.9. The lowest BCUT2D eigenvalue weighted by Crippen LogP contribution is -2.30. The van der Waals surface area contributed by atoms with Crippen LogP contribution in [0.3, 0.4) is 0 Å². The fourth-order valence-corrected chi connectivity index (χ4v) is 4.31. The third kappa shape index (κ3) is 7.73. The molecule has 0 saturated carbocycles. The number of amides is 1. The fraction of sp³-hybridized carbons (Fsp3) is 0.292. The van der Waals surface area contributed by atoms with Gasteiger partial charge in [0, 0.05) is 24.7 Å². The number of nitrogens with zero attached hydrogens (tertiary/aromatic N) is 1. The summed E-state index contributed by atoms with van der Waals surface area (Å²) in [5, 5.41) is 2.53. The Labute approximate surface area is 198 Å². The van der Waals surface area contributed by atoms with E-state index in [1.807, 2.05) is 0 Å². The van der Waals surface area contributed by atoms with Gasteiger partial charge in [-0.3, -0.25) is 14.5 Å². The minimum atomic E-state index is -3.83. The first-order chi connectivity index (χ1) is 16.4. The van der Waals surface area contributed by atoms with Crippen LogP contribution in [0.4, 0.5) is 5.69 Å². The minimum Gasteiger partial charge on any atom is -0.497 e. The van der Waals surface area contributed by atoms with Crippen molar-refractivity contribution < 1.29 is 27.5 Å². The third-order valence-electron chi connectivity index (χ3n) is 4.93. The Morgan fingerprint density at radius 3 is 2.65 bits per heavy atom. The third-order valence-corrected chi connectivity index (χ3v) is 6.31. The zero-order valence-corrected chi connectivity index (χ0v) is 19.6. The van der Waals surface area contributed by atoms with Gasteiger partial charge in [0.05, 0.1) is 12.0 Å². The van der Waals surface area contributed by atoms with Gasteiger partial charge in [-0.15, -0.1) is 0 Å². The molecule has 0 aliphatic carbocycles. The Morgan fingerprint density at radius 1 is 1.09 bits per heavy atom. The van der Waals surface area contributed by atoms with E-state index >= 15 is 0 Å². The molecular weight excluding hydrogens is 458 g/mol. The molecule has 1 aliphatic heterocycles. The van der Waals surface area contributed by atoms with Crippen molar-refractivity contribution in [2.45, 2.75) is 30.6 Å². The van der Waals surface area contributed by atoms with Gasteiger partial charge in [0.25, 0.3) is 15.9 Å². The number of rotatable bonds is 8. The maximum atomic E-state index is 12.7. The number of aliphatic imine (C=N–C) groups is 1. The molecule has 3 rings (SSSR count). The van der Waals surface area contributed by atoms with Gasteiger partial charge >= 0.3 is 5.97 Å². The molecule has 1 amide bonds. The molecule has 0 bridgehead atoms. The Balaban J connectivity index is 1.52. The van der Waals surface area contributed by atoms with Crippen molar-refractivity contribution in [3.63, 3.8) is 0 Å². The summed E-state index contributed by atoms with van der Waals surface area (Å²) in [5.74, 6) is -0.138. The number of sulfonamides is 1. The van der Waals surface area contributed by atoms with Crippen molar-refractivity contribution in [1.82, 2.24) is 4.72 Å². The van der Waals surface area contributed by atoms with E-state index in [0.29, 0.717) is 24.6 Å². The average Bonchev–Trinajstić information content (AvgIpc) is 3.10. The molecule has 0 saturated heterocycles. The SMILES string of the molecule is COc1ccc(C=CC(=O)OCC(=O)Nc2cccc(S(=O)(=O)NC3=NCCCCC3)c2)cc1. The summed E-state index contributed by atoms with van der Waals surface area (Å²) in [7, 11) is -2.27. The number of hydrogen-bond donors (Lipinski definition) is 2. The molecule has 1 heterocycles. The lowest BCUT2D eigenvalue weighted by Gasteiger charge is -2.11. The van der Waals surface area contributed by atoms with Gasteiger partial charge < -0.3 is 14.8 Å². The van der Waals surface area contributed by atoms with Gasteiger partial charge in [0.15, 0.2) is 6.61 Å². The number of carbonyl (C=O) groups excluding carboxylic acids is 2. The van der Waals surface area contributed by atoms with Crippen molar-refractivity contribution in [2.75, 3.05) is 25.6 Å². The summed E-state index contributed by atoms with van der Waals surface area (Å²) in [5.41, 5.74) is 1.03. The first kappa shape index (κ1) is 25.0. The van der Waals surface area contributed by atoms with E-state index in [4.69, 9.17) is 9.47 Å². The molecule has 0 unspecified atom stereocenters. The van der Waals surface area contributed by atoms with Crippen LogP contribution in [0.1, 0.15) is 31.2 Å². The Hall–Kier alpha value is -3.66. The zero-order valence-electron chi connectivity index (χ0n) is 18.8. The highest BCUT2D eigenvalue weighted by Crippen LogP contribution is 2.17. The van der Waals surface area contributed by atoms with Crippen LogP contribution < -0.4 is 14.8 Å². The molecule has 9 nitrogen and oxygen atoms in total.